The summed E-state index contributed by atoms with van der Waals surface area (Å²) in [5.41, 5.74) is 0.888. The maximum Gasteiger partial charge on any atom is 0.144 e. The molecule has 0 saturated carbocycles. The van der Waals surface area contributed by atoms with Crippen LogP contribution in [-0.2, 0) is 0 Å². The molecule has 3 nitrogen and oxygen atoms in total. The van der Waals surface area contributed by atoms with Crippen molar-refractivity contribution in [1.29, 1.82) is 0 Å². The number of hydrogen-bond acceptors (Lipinski definition) is 3. The van der Waals surface area contributed by atoms with E-state index in [4.69, 9.17) is 4.74 Å². The molecular formula is C14H22N2O. The number of pyridine rings is 1. The first-order chi connectivity index (χ1) is 8.24. The Hall–Kier alpha value is -1.35. The fraction of sp³-hybridized carbons (Fsp3) is 0.500. The van der Waals surface area contributed by atoms with Crippen LogP contribution in [-0.4, -0.2) is 25.2 Å². The highest BCUT2D eigenvalue weighted by Crippen LogP contribution is 2.15. The SMILES string of the molecule is COc1cccnc1/C=C/CCNCC(C)C. The van der Waals surface area contributed by atoms with Crippen molar-refractivity contribution in [2.45, 2.75) is 20.3 Å². The van der Waals surface area contributed by atoms with Gasteiger partial charge in [-0.3, -0.25) is 4.98 Å². The van der Waals surface area contributed by atoms with E-state index in [9.17, 15) is 0 Å². The molecule has 0 aliphatic heterocycles. The molecule has 0 unspecified atom stereocenters. The van der Waals surface area contributed by atoms with Gasteiger partial charge in [-0.25, -0.2) is 0 Å². The molecule has 94 valence electrons. The lowest BCUT2D eigenvalue weighted by molar-refractivity contribution is 0.412. The molecule has 0 fully saturated rings. The van der Waals surface area contributed by atoms with Gasteiger partial charge >= 0.3 is 0 Å². The normalized spacial score (nSPS) is 11.3. The molecular weight excluding hydrogens is 212 g/mol. The van der Waals surface area contributed by atoms with Crippen LogP contribution in [0.4, 0.5) is 0 Å². The molecule has 0 amide bonds. The van der Waals surface area contributed by atoms with E-state index in [-0.39, 0.29) is 0 Å². The number of rotatable bonds is 7. The van der Waals surface area contributed by atoms with Crippen molar-refractivity contribution in [2.24, 2.45) is 5.92 Å². The standard InChI is InChI=1S/C14H22N2O/c1-12(2)11-15-9-5-4-7-13-14(17-3)8-6-10-16-13/h4,6-8,10,12,15H,5,9,11H2,1-3H3/b7-4+. The Morgan fingerprint density at radius 3 is 3.00 bits per heavy atom. The van der Waals surface area contributed by atoms with Crippen molar-refractivity contribution in [3.05, 3.63) is 30.1 Å². The average molecular weight is 234 g/mol. The number of ether oxygens (including phenoxy) is 1. The highest BCUT2D eigenvalue weighted by Gasteiger charge is 1.97. The molecule has 1 heterocycles. The molecule has 0 spiro atoms. The van der Waals surface area contributed by atoms with E-state index in [0.717, 1.165) is 31.0 Å². The zero-order chi connectivity index (χ0) is 12.5. The van der Waals surface area contributed by atoms with E-state index in [1.54, 1.807) is 13.3 Å². The van der Waals surface area contributed by atoms with Crippen LogP contribution in [0.1, 0.15) is 26.0 Å². The predicted molar refractivity (Wildman–Crippen MR) is 72.1 cm³/mol. The number of methoxy groups -OCH3 is 1. The molecule has 0 radical (unpaired) electrons. The molecule has 0 aliphatic rings. The second kappa shape index (κ2) is 7.85. The summed E-state index contributed by atoms with van der Waals surface area (Å²) in [4.78, 5) is 4.26. The zero-order valence-corrected chi connectivity index (χ0v) is 10.9. The second-order valence-electron chi connectivity index (χ2n) is 4.38. The second-order valence-corrected chi connectivity index (χ2v) is 4.38. The van der Waals surface area contributed by atoms with Crippen LogP contribution in [0.3, 0.4) is 0 Å². The van der Waals surface area contributed by atoms with E-state index >= 15 is 0 Å². The van der Waals surface area contributed by atoms with Gasteiger partial charge in [0.05, 0.1) is 7.11 Å². The van der Waals surface area contributed by atoms with E-state index in [1.807, 2.05) is 18.2 Å². The third-order valence-electron chi connectivity index (χ3n) is 2.34. The van der Waals surface area contributed by atoms with Gasteiger partial charge in [0, 0.05) is 6.20 Å². The smallest absolute Gasteiger partial charge is 0.144 e. The van der Waals surface area contributed by atoms with Crippen molar-refractivity contribution in [3.8, 4) is 5.75 Å². The van der Waals surface area contributed by atoms with Gasteiger partial charge in [-0.1, -0.05) is 19.9 Å². The first-order valence-electron chi connectivity index (χ1n) is 6.10. The van der Waals surface area contributed by atoms with Gasteiger partial charge in [0.2, 0.25) is 0 Å². The van der Waals surface area contributed by atoms with Crippen LogP contribution < -0.4 is 10.1 Å². The van der Waals surface area contributed by atoms with Gasteiger partial charge in [-0.05, 0) is 43.6 Å². The Balaban J connectivity index is 2.33. The maximum absolute atomic E-state index is 5.23. The minimum atomic E-state index is 0.704. The molecule has 0 atom stereocenters. The predicted octanol–water partition coefficient (Wildman–Crippen LogP) is 2.74. The van der Waals surface area contributed by atoms with Gasteiger partial charge in [-0.15, -0.1) is 0 Å². The van der Waals surface area contributed by atoms with Gasteiger partial charge in [0.1, 0.15) is 11.4 Å². The molecule has 1 N–H and O–H groups in total. The fourth-order valence-electron chi connectivity index (χ4n) is 1.47. The maximum atomic E-state index is 5.23. The highest BCUT2D eigenvalue weighted by molar-refractivity contribution is 5.52. The molecule has 0 aromatic carbocycles. The molecule has 0 aliphatic carbocycles. The lowest BCUT2D eigenvalue weighted by atomic mass is 10.2. The van der Waals surface area contributed by atoms with Gasteiger partial charge in [0.25, 0.3) is 0 Å². The van der Waals surface area contributed by atoms with E-state index in [1.165, 1.54) is 0 Å². The molecule has 17 heavy (non-hydrogen) atoms. The minimum absolute atomic E-state index is 0.704. The van der Waals surface area contributed by atoms with Gasteiger partial charge < -0.3 is 10.1 Å². The van der Waals surface area contributed by atoms with Crippen molar-refractivity contribution in [2.75, 3.05) is 20.2 Å². The molecule has 1 aromatic rings. The first-order valence-corrected chi connectivity index (χ1v) is 6.10. The Labute approximate surface area is 104 Å². The lowest BCUT2D eigenvalue weighted by Gasteiger charge is -2.05. The number of aromatic nitrogens is 1. The summed E-state index contributed by atoms with van der Waals surface area (Å²) in [6.07, 6.45) is 6.92. The summed E-state index contributed by atoms with van der Waals surface area (Å²) in [6, 6.07) is 3.80. The van der Waals surface area contributed by atoms with Crippen LogP contribution >= 0.6 is 0 Å². The molecule has 0 saturated heterocycles. The van der Waals surface area contributed by atoms with Crippen molar-refractivity contribution < 1.29 is 4.74 Å². The Bertz CT molecular complexity index is 348. The molecule has 1 rings (SSSR count). The average Bonchev–Trinajstić information content (AvgIpc) is 2.33. The van der Waals surface area contributed by atoms with Crippen LogP contribution in [0.2, 0.25) is 0 Å². The zero-order valence-electron chi connectivity index (χ0n) is 10.9. The van der Waals surface area contributed by atoms with Crippen molar-refractivity contribution in [3.63, 3.8) is 0 Å². The third kappa shape index (κ3) is 5.50. The summed E-state index contributed by atoms with van der Waals surface area (Å²) >= 11 is 0. The summed E-state index contributed by atoms with van der Waals surface area (Å²) in [6.45, 7) is 6.49. The van der Waals surface area contributed by atoms with Crippen molar-refractivity contribution >= 4 is 6.08 Å². The topological polar surface area (TPSA) is 34.1 Å². The first kappa shape index (κ1) is 13.7. The summed E-state index contributed by atoms with van der Waals surface area (Å²) in [5.74, 6) is 1.52. The summed E-state index contributed by atoms with van der Waals surface area (Å²) < 4.78 is 5.23. The minimum Gasteiger partial charge on any atom is -0.494 e. The van der Waals surface area contributed by atoms with Crippen LogP contribution in [0, 0.1) is 5.92 Å². The Morgan fingerprint density at radius 2 is 2.29 bits per heavy atom. The van der Waals surface area contributed by atoms with Crippen LogP contribution in [0.15, 0.2) is 24.4 Å². The fourth-order valence-corrected chi connectivity index (χ4v) is 1.47. The Kier molecular flexibility index (Phi) is 6.33. The lowest BCUT2D eigenvalue weighted by Crippen LogP contribution is -2.20. The van der Waals surface area contributed by atoms with Crippen LogP contribution in [0.5, 0.6) is 5.75 Å². The van der Waals surface area contributed by atoms with Crippen molar-refractivity contribution in [1.82, 2.24) is 10.3 Å². The summed E-state index contributed by atoms with van der Waals surface area (Å²) in [5, 5.41) is 3.40. The third-order valence-corrected chi connectivity index (χ3v) is 2.34. The van der Waals surface area contributed by atoms with E-state index in [2.05, 4.69) is 30.2 Å². The van der Waals surface area contributed by atoms with Crippen LogP contribution in [0.25, 0.3) is 6.08 Å². The van der Waals surface area contributed by atoms with Gasteiger partial charge in [-0.2, -0.15) is 0 Å². The quantitative estimate of drug-likeness (QED) is 0.737. The van der Waals surface area contributed by atoms with Gasteiger partial charge in [0.15, 0.2) is 0 Å². The molecule has 0 bridgehead atoms. The monoisotopic (exact) mass is 234 g/mol. The Morgan fingerprint density at radius 1 is 1.47 bits per heavy atom. The highest BCUT2D eigenvalue weighted by atomic mass is 16.5. The molecule has 1 aromatic heterocycles. The molecule has 3 heteroatoms. The number of nitrogens with one attached hydrogen (secondary N) is 1. The summed E-state index contributed by atoms with van der Waals surface area (Å²) in [7, 11) is 1.67. The number of hydrogen-bond donors (Lipinski definition) is 1. The largest absolute Gasteiger partial charge is 0.494 e. The number of nitrogens with zero attached hydrogens (tertiary/aromatic N) is 1. The van der Waals surface area contributed by atoms with E-state index < -0.39 is 0 Å². The van der Waals surface area contributed by atoms with E-state index in [0.29, 0.717) is 5.92 Å².